The molecule has 0 bridgehead atoms. The van der Waals surface area contributed by atoms with Gasteiger partial charge in [0.1, 0.15) is 0 Å². The summed E-state index contributed by atoms with van der Waals surface area (Å²) in [6, 6.07) is 6.33. The molecule has 2 N–H and O–H groups in total. The van der Waals surface area contributed by atoms with E-state index < -0.39 is 0 Å². The van der Waals surface area contributed by atoms with E-state index in [1.165, 1.54) is 30.4 Å². The predicted molar refractivity (Wildman–Crippen MR) is 80.7 cm³/mol. The van der Waals surface area contributed by atoms with Crippen LogP contribution < -0.4 is 10.7 Å². The molecular formula is C14H21N3S. The molecule has 0 spiro atoms. The lowest BCUT2D eigenvalue weighted by Gasteiger charge is -2.28. The molecule has 1 aliphatic rings. The first-order chi connectivity index (χ1) is 8.65. The maximum absolute atomic E-state index is 5.35. The van der Waals surface area contributed by atoms with Crippen LogP contribution in [0.1, 0.15) is 30.4 Å². The Balaban J connectivity index is 1.90. The number of aryl methyl sites for hydroxylation is 2. The van der Waals surface area contributed by atoms with Crippen LogP contribution in [-0.4, -0.2) is 23.2 Å². The lowest BCUT2D eigenvalue weighted by molar-refractivity contribution is 0.196. The summed E-state index contributed by atoms with van der Waals surface area (Å²) in [5.41, 5.74) is 6.83. The maximum Gasteiger partial charge on any atom is 0.185 e. The SMILES string of the molecule is Cc1ccc(NC(=S)NN2CCCCC2)c(C)c1. The summed E-state index contributed by atoms with van der Waals surface area (Å²) >= 11 is 5.35. The van der Waals surface area contributed by atoms with Crippen molar-refractivity contribution in [2.45, 2.75) is 33.1 Å². The minimum absolute atomic E-state index is 0.684. The minimum atomic E-state index is 0.684. The first-order valence-electron chi connectivity index (χ1n) is 6.55. The highest BCUT2D eigenvalue weighted by Crippen LogP contribution is 2.16. The Labute approximate surface area is 115 Å². The molecule has 0 radical (unpaired) electrons. The molecule has 0 saturated carbocycles. The number of hydrogen-bond donors (Lipinski definition) is 2. The molecule has 18 heavy (non-hydrogen) atoms. The molecule has 3 nitrogen and oxygen atoms in total. The highest BCUT2D eigenvalue weighted by molar-refractivity contribution is 7.80. The molecule has 1 fully saturated rings. The van der Waals surface area contributed by atoms with Gasteiger partial charge in [-0.25, -0.2) is 5.01 Å². The van der Waals surface area contributed by atoms with Crippen LogP contribution in [0.25, 0.3) is 0 Å². The second kappa shape index (κ2) is 6.16. The molecular weight excluding hydrogens is 242 g/mol. The quantitative estimate of drug-likeness (QED) is 0.802. The van der Waals surface area contributed by atoms with Crippen molar-refractivity contribution in [3.8, 4) is 0 Å². The van der Waals surface area contributed by atoms with Gasteiger partial charge >= 0.3 is 0 Å². The van der Waals surface area contributed by atoms with Crippen LogP contribution in [-0.2, 0) is 0 Å². The summed E-state index contributed by atoms with van der Waals surface area (Å²) in [6.45, 7) is 6.35. The molecule has 1 aromatic carbocycles. The van der Waals surface area contributed by atoms with Crippen molar-refractivity contribution in [3.63, 3.8) is 0 Å². The van der Waals surface area contributed by atoms with Gasteiger partial charge in [-0.05, 0) is 50.5 Å². The molecule has 1 heterocycles. The van der Waals surface area contributed by atoms with Crippen molar-refractivity contribution in [2.24, 2.45) is 0 Å². The van der Waals surface area contributed by atoms with Gasteiger partial charge < -0.3 is 5.32 Å². The number of nitrogens with one attached hydrogen (secondary N) is 2. The van der Waals surface area contributed by atoms with Crippen molar-refractivity contribution >= 4 is 23.0 Å². The van der Waals surface area contributed by atoms with Crippen LogP contribution in [0.5, 0.6) is 0 Å². The third-order valence-electron chi connectivity index (χ3n) is 3.25. The summed E-state index contributed by atoms with van der Waals surface area (Å²) in [5, 5.41) is 6.14. The highest BCUT2D eigenvalue weighted by Gasteiger charge is 2.11. The Morgan fingerprint density at radius 1 is 1.17 bits per heavy atom. The van der Waals surface area contributed by atoms with E-state index in [1.807, 2.05) is 0 Å². The fourth-order valence-corrected chi connectivity index (χ4v) is 2.49. The van der Waals surface area contributed by atoms with Crippen LogP contribution in [0.2, 0.25) is 0 Å². The standard InChI is InChI=1S/C14H21N3S/c1-11-6-7-13(12(2)10-11)15-14(18)16-17-8-4-3-5-9-17/h6-7,10H,3-5,8-9H2,1-2H3,(H2,15,16,18). The number of hydrazine groups is 1. The lowest BCUT2D eigenvalue weighted by atomic mass is 10.1. The molecule has 0 unspecified atom stereocenters. The van der Waals surface area contributed by atoms with E-state index in [0.717, 1.165) is 18.8 Å². The summed E-state index contributed by atoms with van der Waals surface area (Å²) < 4.78 is 0. The molecule has 0 aliphatic carbocycles. The molecule has 2 rings (SSSR count). The van der Waals surface area contributed by atoms with Gasteiger partial charge in [0, 0.05) is 18.8 Å². The Morgan fingerprint density at radius 3 is 2.56 bits per heavy atom. The third kappa shape index (κ3) is 3.68. The molecule has 1 saturated heterocycles. The van der Waals surface area contributed by atoms with Crippen LogP contribution in [0.15, 0.2) is 18.2 Å². The van der Waals surface area contributed by atoms with Crippen LogP contribution in [0, 0.1) is 13.8 Å². The minimum Gasteiger partial charge on any atom is -0.331 e. The Bertz CT molecular complexity index is 425. The van der Waals surface area contributed by atoms with Gasteiger partial charge in [-0.15, -0.1) is 0 Å². The zero-order valence-electron chi connectivity index (χ0n) is 11.1. The van der Waals surface area contributed by atoms with E-state index in [0.29, 0.717) is 5.11 Å². The first kappa shape index (κ1) is 13.3. The largest absolute Gasteiger partial charge is 0.331 e. The van der Waals surface area contributed by atoms with Crippen molar-refractivity contribution < 1.29 is 0 Å². The molecule has 1 aromatic rings. The summed E-state index contributed by atoms with van der Waals surface area (Å²) in [4.78, 5) is 0. The molecule has 4 heteroatoms. The smallest absolute Gasteiger partial charge is 0.185 e. The van der Waals surface area contributed by atoms with E-state index in [9.17, 15) is 0 Å². The average molecular weight is 263 g/mol. The second-order valence-corrected chi connectivity index (χ2v) is 5.34. The van der Waals surface area contributed by atoms with Gasteiger partial charge in [-0.3, -0.25) is 5.43 Å². The van der Waals surface area contributed by atoms with Gasteiger partial charge in [0.15, 0.2) is 5.11 Å². The molecule has 98 valence electrons. The number of thiocarbonyl (C=S) groups is 1. The van der Waals surface area contributed by atoms with E-state index in [-0.39, 0.29) is 0 Å². The molecule has 0 aromatic heterocycles. The van der Waals surface area contributed by atoms with Gasteiger partial charge in [0.05, 0.1) is 0 Å². The van der Waals surface area contributed by atoms with Gasteiger partial charge in [-0.1, -0.05) is 24.1 Å². The number of hydrogen-bond acceptors (Lipinski definition) is 2. The number of nitrogens with zero attached hydrogens (tertiary/aromatic N) is 1. The molecule has 0 atom stereocenters. The molecule has 0 amide bonds. The average Bonchev–Trinajstić information content (AvgIpc) is 2.34. The number of rotatable bonds is 2. The first-order valence-corrected chi connectivity index (χ1v) is 6.96. The van der Waals surface area contributed by atoms with Crippen molar-refractivity contribution in [1.29, 1.82) is 0 Å². The zero-order valence-corrected chi connectivity index (χ0v) is 11.9. The maximum atomic E-state index is 5.35. The fourth-order valence-electron chi connectivity index (χ4n) is 2.25. The van der Waals surface area contributed by atoms with E-state index in [1.54, 1.807) is 0 Å². The van der Waals surface area contributed by atoms with Crippen LogP contribution in [0.4, 0.5) is 5.69 Å². The number of anilines is 1. The zero-order chi connectivity index (χ0) is 13.0. The Kier molecular flexibility index (Phi) is 4.55. The monoisotopic (exact) mass is 263 g/mol. The van der Waals surface area contributed by atoms with Gasteiger partial charge in [0.2, 0.25) is 0 Å². The van der Waals surface area contributed by atoms with Gasteiger partial charge in [-0.2, -0.15) is 0 Å². The van der Waals surface area contributed by atoms with Gasteiger partial charge in [0.25, 0.3) is 0 Å². The Hall–Kier alpha value is -1.13. The van der Waals surface area contributed by atoms with Crippen molar-refractivity contribution in [3.05, 3.63) is 29.3 Å². The van der Waals surface area contributed by atoms with E-state index in [2.05, 4.69) is 47.8 Å². The van der Waals surface area contributed by atoms with Crippen LogP contribution in [0.3, 0.4) is 0 Å². The van der Waals surface area contributed by atoms with E-state index in [4.69, 9.17) is 12.2 Å². The number of benzene rings is 1. The normalized spacial score (nSPS) is 16.3. The van der Waals surface area contributed by atoms with Crippen molar-refractivity contribution in [2.75, 3.05) is 18.4 Å². The second-order valence-electron chi connectivity index (χ2n) is 4.93. The Morgan fingerprint density at radius 2 is 1.89 bits per heavy atom. The third-order valence-corrected chi connectivity index (χ3v) is 3.44. The van der Waals surface area contributed by atoms with Crippen LogP contribution >= 0.6 is 12.2 Å². The topological polar surface area (TPSA) is 27.3 Å². The highest BCUT2D eigenvalue weighted by atomic mass is 32.1. The molecule has 1 aliphatic heterocycles. The summed E-state index contributed by atoms with van der Waals surface area (Å²) in [5.74, 6) is 0. The summed E-state index contributed by atoms with van der Waals surface area (Å²) in [6.07, 6.45) is 3.83. The van der Waals surface area contributed by atoms with Crippen molar-refractivity contribution in [1.82, 2.24) is 10.4 Å². The number of piperidine rings is 1. The fraction of sp³-hybridized carbons (Fsp3) is 0.500. The van der Waals surface area contributed by atoms with E-state index >= 15 is 0 Å². The lowest BCUT2D eigenvalue weighted by Crippen LogP contribution is -2.46. The predicted octanol–water partition coefficient (Wildman–Crippen LogP) is 2.99. The summed E-state index contributed by atoms with van der Waals surface area (Å²) in [7, 11) is 0.